The summed E-state index contributed by atoms with van der Waals surface area (Å²) in [5.74, 6) is 2.67. The highest BCUT2D eigenvalue weighted by molar-refractivity contribution is 7.99. The number of fused-ring (bicyclic) bond motifs is 1. The van der Waals surface area contributed by atoms with Crippen LogP contribution in [0.5, 0.6) is 0 Å². The van der Waals surface area contributed by atoms with E-state index in [0.717, 1.165) is 17.1 Å². The Morgan fingerprint density at radius 3 is 2.93 bits per heavy atom. The Hall–Kier alpha value is -2.25. The molecule has 2 heterocycles. The minimum Gasteiger partial charge on any atom is -0.345 e. The van der Waals surface area contributed by atoms with E-state index in [2.05, 4.69) is 27.6 Å². The van der Waals surface area contributed by atoms with Gasteiger partial charge in [-0.3, -0.25) is 4.79 Å². The van der Waals surface area contributed by atoms with Gasteiger partial charge in [-0.2, -0.15) is 4.98 Å². The van der Waals surface area contributed by atoms with Crippen molar-refractivity contribution in [2.24, 2.45) is 0 Å². The van der Waals surface area contributed by atoms with Crippen molar-refractivity contribution in [2.45, 2.75) is 34.9 Å². The smallest absolute Gasteiger partial charge is 0.252 e. The quantitative estimate of drug-likeness (QED) is 0.633. The van der Waals surface area contributed by atoms with Gasteiger partial charge in [0.25, 0.3) is 5.91 Å². The standard InChI is InChI=1S/C20H19N3O2S2/c1-13-21-19(25-23-13)12-27-18-9-5-3-7-15(18)20(24)22-16-10-11-26-17-8-4-2-6-14(16)17/h2-9,16H,10-12H2,1H3,(H,22,24)/t16-/m0/s1. The lowest BCUT2D eigenvalue weighted by molar-refractivity contribution is 0.0932. The van der Waals surface area contributed by atoms with Gasteiger partial charge in [0.1, 0.15) is 0 Å². The average molecular weight is 398 g/mol. The fourth-order valence-corrected chi connectivity index (χ4v) is 5.06. The van der Waals surface area contributed by atoms with Crippen LogP contribution in [0.1, 0.15) is 40.1 Å². The van der Waals surface area contributed by atoms with Crippen LogP contribution in [0.15, 0.2) is 62.8 Å². The molecule has 1 N–H and O–H groups in total. The molecule has 27 heavy (non-hydrogen) atoms. The predicted octanol–water partition coefficient (Wildman–Crippen LogP) is 4.64. The molecule has 0 bridgehead atoms. The maximum atomic E-state index is 13.0. The van der Waals surface area contributed by atoms with Gasteiger partial charge >= 0.3 is 0 Å². The number of carbonyl (C=O) groups is 1. The van der Waals surface area contributed by atoms with Crippen LogP contribution in [0.2, 0.25) is 0 Å². The van der Waals surface area contributed by atoms with Crippen LogP contribution in [0.3, 0.4) is 0 Å². The molecule has 0 fully saturated rings. The van der Waals surface area contributed by atoms with Crippen molar-refractivity contribution in [3.63, 3.8) is 0 Å². The Morgan fingerprint density at radius 1 is 1.26 bits per heavy atom. The Balaban J connectivity index is 1.49. The van der Waals surface area contributed by atoms with E-state index in [4.69, 9.17) is 4.52 Å². The minimum absolute atomic E-state index is 0.0478. The monoisotopic (exact) mass is 397 g/mol. The maximum absolute atomic E-state index is 13.0. The van der Waals surface area contributed by atoms with Gasteiger partial charge in [0.15, 0.2) is 5.82 Å². The molecule has 0 saturated heterocycles. The summed E-state index contributed by atoms with van der Waals surface area (Å²) in [6, 6.07) is 16.0. The predicted molar refractivity (Wildman–Crippen MR) is 107 cm³/mol. The fraction of sp³-hybridized carbons (Fsp3) is 0.250. The van der Waals surface area contributed by atoms with Crippen LogP contribution in [-0.2, 0) is 5.75 Å². The molecule has 3 aromatic rings. The van der Waals surface area contributed by atoms with E-state index in [9.17, 15) is 4.79 Å². The molecular formula is C20H19N3O2S2. The van der Waals surface area contributed by atoms with Crippen molar-refractivity contribution in [1.29, 1.82) is 0 Å². The molecule has 1 aromatic heterocycles. The number of rotatable bonds is 5. The van der Waals surface area contributed by atoms with Crippen molar-refractivity contribution < 1.29 is 9.32 Å². The van der Waals surface area contributed by atoms with Gasteiger partial charge in [-0.1, -0.05) is 35.5 Å². The fourth-order valence-electron chi connectivity index (χ4n) is 3.05. The molecule has 0 aliphatic carbocycles. The van der Waals surface area contributed by atoms with E-state index in [0.29, 0.717) is 23.0 Å². The Bertz CT molecular complexity index is 958. The third-order valence-corrected chi connectivity index (χ3v) is 6.50. The molecule has 4 rings (SSSR count). The van der Waals surface area contributed by atoms with Gasteiger partial charge in [-0.05, 0) is 37.1 Å². The highest BCUT2D eigenvalue weighted by Crippen LogP contribution is 2.36. The first-order valence-electron chi connectivity index (χ1n) is 8.74. The third-order valence-electron chi connectivity index (χ3n) is 4.32. The molecule has 1 amide bonds. The second kappa shape index (κ2) is 8.19. The van der Waals surface area contributed by atoms with Crippen molar-refractivity contribution in [1.82, 2.24) is 15.5 Å². The number of amides is 1. The molecule has 7 heteroatoms. The summed E-state index contributed by atoms with van der Waals surface area (Å²) >= 11 is 3.38. The number of nitrogens with zero attached hydrogens (tertiary/aromatic N) is 2. The van der Waals surface area contributed by atoms with E-state index in [-0.39, 0.29) is 11.9 Å². The van der Waals surface area contributed by atoms with Crippen LogP contribution < -0.4 is 5.32 Å². The molecule has 1 aliphatic heterocycles. The summed E-state index contributed by atoms with van der Waals surface area (Å²) in [6.07, 6.45) is 0.935. The molecule has 0 radical (unpaired) electrons. The van der Waals surface area contributed by atoms with Gasteiger partial charge in [-0.15, -0.1) is 23.5 Å². The van der Waals surface area contributed by atoms with E-state index in [1.165, 1.54) is 22.2 Å². The van der Waals surface area contributed by atoms with E-state index in [1.807, 2.05) is 48.2 Å². The molecule has 0 spiro atoms. The number of nitrogens with one attached hydrogen (secondary N) is 1. The number of carbonyl (C=O) groups excluding carboxylic acids is 1. The number of benzene rings is 2. The number of hydrogen-bond donors (Lipinski definition) is 1. The Labute approximate surface area is 166 Å². The topological polar surface area (TPSA) is 68.0 Å². The summed E-state index contributed by atoms with van der Waals surface area (Å²) < 4.78 is 5.16. The van der Waals surface area contributed by atoms with Gasteiger partial charge in [0, 0.05) is 15.5 Å². The molecule has 0 unspecified atom stereocenters. The lowest BCUT2D eigenvalue weighted by atomic mass is 10.0. The minimum atomic E-state index is -0.0495. The van der Waals surface area contributed by atoms with Crippen molar-refractivity contribution >= 4 is 29.4 Å². The van der Waals surface area contributed by atoms with Crippen LogP contribution in [-0.4, -0.2) is 21.8 Å². The van der Waals surface area contributed by atoms with Crippen molar-refractivity contribution in [2.75, 3.05) is 5.75 Å². The lowest BCUT2D eigenvalue weighted by Crippen LogP contribution is -2.31. The van der Waals surface area contributed by atoms with Gasteiger partial charge in [0.2, 0.25) is 5.89 Å². The highest BCUT2D eigenvalue weighted by Gasteiger charge is 2.23. The molecule has 1 atom stereocenters. The zero-order valence-corrected chi connectivity index (χ0v) is 16.5. The zero-order chi connectivity index (χ0) is 18.6. The van der Waals surface area contributed by atoms with Gasteiger partial charge in [0.05, 0.1) is 17.4 Å². The average Bonchev–Trinajstić information content (AvgIpc) is 3.12. The summed E-state index contributed by atoms with van der Waals surface area (Å²) in [4.78, 5) is 19.4. The summed E-state index contributed by atoms with van der Waals surface area (Å²) in [5.41, 5.74) is 1.88. The first-order chi connectivity index (χ1) is 13.2. The Morgan fingerprint density at radius 2 is 2.07 bits per heavy atom. The molecule has 5 nitrogen and oxygen atoms in total. The van der Waals surface area contributed by atoms with E-state index < -0.39 is 0 Å². The summed E-state index contributed by atoms with van der Waals surface area (Å²) in [7, 11) is 0. The van der Waals surface area contributed by atoms with E-state index in [1.54, 1.807) is 6.92 Å². The SMILES string of the molecule is Cc1noc(CSc2ccccc2C(=O)N[C@H]2CCSc3ccccc32)n1. The first kappa shape index (κ1) is 18.1. The van der Waals surface area contributed by atoms with Crippen molar-refractivity contribution in [3.05, 3.63) is 71.4 Å². The molecular weight excluding hydrogens is 378 g/mol. The normalized spacial score (nSPS) is 16.0. The van der Waals surface area contributed by atoms with Crippen LogP contribution in [0.4, 0.5) is 0 Å². The largest absolute Gasteiger partial charge is 0.345 e. The van der Waals surface area contributed by atoms with Crippen molar-refractivity contribution in [3.8, 4) is 0 Å². The summed E-state index contributed by atoms with van der Waals surface area (Å²) in [6.45, 7) is 1.79. The second-order valence-corrected chi connectivity index (χ2v) is 8.38. The third kappa shape index (κ3) is 4.20. The van der Waals surface area contributed by atoms with Crippen LogP contribution in [0.25, 0.3) is 0 Å². The van der Waals surface area contributed by atoms with Gasteiger partial charge in [-0.25, -0.2) is 0 Å². The maximum Gasteiger partial charge on any atom is 0.252 e. The number of thioether (sulfide) groups is 2. The first-order valence-corrected chi connectivity index (χ1v) is 10.7. The second-order valence-electron chi connectivity index (χ2n) is 6.22. The number of hydrogen-bond acceptors (Lipinski definition) is 6. The Kier molecular flexibility index (Phi) is 5.50. The number of aryl methyl sites for hydroxylation is 1. The zero-order valence-electron chi connectivity index (χ0n) is 14.8. The number of aromatic nitrogens is 2. The molecule has 138 valence electrons. The molecule has 2 aromatic carbocycles. The summed E-state index contributed by atoms with van der Waals surface area (Å²) in [5, 5.41) is 7.02. The van der Waals surface area contributed by atoms with Crippen LogP contribution in [0, 0.1) is 6.92 Å². The highest BCUT2D eigenvalue weighted by atomic mass is 32.2. The van der Waals surface area contributed by atoms with Gasteiger partial charge < -0.3 is 9.84 Å². The molecule has 0 saturated carbocycles. The van der Waals surface area contributed by atoms with E-state index >= 15 is 0 Å². The van der Waals surface area contributed by atoms with Crippen LogP contribution >= 0.6 is 23.5 Å². The molecule has 1 aliphatic rings. The lowest BCUT2D eigenvalue weighted by Gasteiger charge is -2.26.